The van der Waals surface area contributed by atoms with Crippen LogP contribution in [0.25, 0.3) is 0 Å². The van der Waals surface area contributed by atoms with Crippen LogP contribution >= 0.6 is 11.8 Å². The lowest BCUT2D eigenvalue weighted by Crippen LogP contribution is -2.44. The Morgan fingerprint density at radius 3 is 2.54 bits per heavy atom. The molecule has 26 heavy (non-hydrogen) atoms. The first-order valence-electron chi connectivity index (χ1n) is 8.08. The van der Waals surface area contributed by atoms with Crippen molar-refractivity contribution >= 4 is 23.5 Å². The third-order valence-corrected chi connectivity index (χ3v) is 5.38. The van der Waals surface area contributed by atoms with Gasteiger partial charge in [-0.3, -0.25) is 9.59 Å². The molecule has 0 bridgehead atoms. The molecule has 1 heterocycles. The van der Waals surface area contributed by atoms with E-state index in [2.05, 4.69) is 11.4 Å². The van der Waals surface area contributed by atoms with Crippen LogP contribution in [0.3, 0.4) is 0 Å². The van der Waals surface area contributed by atoms with E-state index in [1.807, 2.05) is 6.07 Å². The first-order valence-corrected chi connectivity index (χ1v) is 9.06. The summed E-state index contributed by atoms with van der Waals surface area (Å²) in [5, 5.41) is 21.7. The van der Waals surface area contributed by atoms with Crippen LogP contribution in [0, 0.1) is 39.8 Å². The summed E-state index contributed by atoms with van der Waals surface area (Å²) in [4.78, 5) is 24.2. The Hall–Kier alpha value is -2.64. The number of benzene rings is 1. The highest BCUT2D eigenvalue weighted by Gasteiger charge is 2.44. The number of allylic oxidation sites excluding steroid dienone is 1. The van der Waals surface area contributed by atoms with Crippen LogP contribution < -0.4 is 5.32 Å². The minimum absolute atomic E-state index is 0.0855. The number of hydrogen-bond donors (Lipinski definition) is 1. The van der Waals surface area contributed by atoms with Gasteiger partial charge in [0.05, 0.1) is 22.7 Å². The Kier molecular flexibility index (Phi) is 6.18. The standard InChI is InChI=1S/C19H18FN3O2S/c1-19(2)14(10-21)17(25)23-18(15(19)11-22)26-9-3-4-16(24)12-5-7-13(20)8-6-12/h5-8,14H,3-4,9H2,1-2H3,(H,23,25)/t14-/m0/s1. The number of halogens is 1. The second kappa shape index (κ2) is 8.16. The number of nitrogens with one attached hydrogen (secondary N) is 1. The monoisotopic (exact) mass is 371 g/mol. The number of Topliss-reactive ketones (excluding diaryl/α,β-unsaturated/α-hetero) is 1. The zero-order chi connectivity index (χ0) is 19.3. The van der Waals surface area contributed by atoms with Crippen molar-refractivity contribution in [2.75, 3.05) is 5.75 Å². The van der Waals surface area contributed by atoms with Gasteiger partial charge in [-0.05, 0) is 36.4 Å². The minimum atomic E-state index is -0.915. The van der Waals surface area contributed by atoms with Gasteiger partial charge in [-0.25, -0.2) is 4.39 Å². The van der Waals surface area contributed by atoms with Crippen LogP contribution in [0.5, 0.6) is 0 Å². The SMILES string of the molecule is CC1(C)C(C#N)=C(SCCCC(=O)c2ccc(F)cc2)NC(=O)[C@@H]1C#N. The quantitative estimate of drug-likeness (QED) is 0.610. The summed E-state index contributed by atoms with van der Waals surface area (Å²) in [5.74, 6) is -1.28. The van der Waals surface area contributed by atoms with E-state index in [4.69, 9.17) is 0 Å². The number of hydrogen-bond acceptors (Lipinski definition) is 5. The fourth-order valence-electron chi connectivity index (χ4n) is 2.72. The van der Waals surface area contributed by atoms with Crippen molar-refractivity contribution in [2.45, 2.75) is 26.7 Å². The Bertz CT molecular complexity index is 832. The van der Waals surface area contributed by atoms with E-state index in [1.165, 1.54) is 36.0 Å². The van der Waals surface area contributed by atoms with E-state index in [9.17, 15) is 24.5 Å². The van der Waals surface area contributed by atoms with Gasteiger partial charge >= 0.3 is 0 Å². The molecule has 1 aromatic rings. The number of carbonyl (C=O) groups excluding carboxylic acids is 2. The summed E-state index contributed by atoms with van der Waals surface area (Å²) in [6.45, 7) is 3.41. The summed E-state index contributed by atoms with van der Waals surface area (Å²) < 4.78 is 12.9. The average molecular weight is 371 g/mol. The third-order valence-electron chi connectivity index (χ3n) is 4.29. The van der Waals surface area contributed by atoms with Gasteiger partial charge in [0.15, 0.2) is 5.78 Å². The number of ketones is 1. The predicted molar refractivity (Wildman–Crippen MR) is 96.1 cm³/mol. The molecular formula is C19H18FN3O2S. The van der Waals surface area contributed by atoms with Crippen LogP contribution in [-0.4, -0.2) is 17.4 Å². The van der Waals surface area contributed by atoms with Crippen molar-refractivity contribution in [3.8, 4) is 12.1 Å². The second-order valence-electron chi connectivity index (χ2n) is 6.47. The summed E-state index contributed by atoms with van der Waals surface area (Å²) in [6.07, 6.45) is 0.826. The minimum Gasteiger partial charge on any atom is -0.319 e. The molecule has 1 aromatic carbocycles. The van der Waals surface area contributed by atoms with Crippen molar-refractivity contribution in [1.29, 1.82) is 10.5 Å². The fourth-order valence-corrected chi connectivity index (χ4v) is 3.84. The Morgan fingerprint density at radius 2 is 1.96 bits per heavy atom. The number of nitriles is 2. The zero-order valence-electron chi connectivity index (χ0n) is 14.5. The van der Waals surface area contributed by atoms with Crippen molar-refractivity contribution in [3.63, 3.8) is 0 Å². The Labute approximate surface area is 155 Å². The maximum Gasteiger partial charge on any atom is 0.243 e. The molecule has 5 nitrogen and oxygen atoms in total. The highest BCUT2D eigenvalue weighted by Crippen LogP contribution is 2.41. The van der Waals surface area contributed by atoms with E-state index in [-0.39, 0.29) is 18.0 Å². The van der Waals surface area contributed by atoms with Crippen LogP contribution in [0.2, 0.25) is 0 Å². The van der Waals surface area contributed by atoms with Gasteiger partial charge in [-0.1, -0.05) is 13.8 Å². The predicted octanol–water partition coefficient (Wildman–Crippen LogP) is 3.55. The average Bonchev–Trinajstić information content (AvgIpc) is 2.58. The van der Waals surface area contributed by atoms with E-state index in [1.54, 1.807) is 13.8 Å². The van der Waals surface area contributed by atoms with E-state index in [0.29, 0.717) is 28.3 Å². The second-order valence-corrected chi connectivity index (χ2v) is 7.58. The lowest BCUT2D eigenvalue weighted by Gasteiger charge is -2.34. The van der Waals surface area contributed by atoms with Gasteiger partial charge in [-0.2, -0.15) is 10.5 Å². The molecule has 1 aliphatic heterocycles. The summed E-state index contributed by atoms with van der Waals surface area (Å²) >= 11 is 1.29. The Morgan fingerprint density at radius 1 is 1.31 bits per heavy atom. The molecule has 7 heteroatoms. The molecule has 0 radical (unpaired) electrons. The molecule has 0 unspecified atom stereocenters. The van der Waals surface area contributed by atoms with E-state index >= 15 is 0 Å². The number of thioether (sulfide) groups is 1. The summed E-state index contributed by atoms with van der Waals surface area (Å²) in [5.41, 5.74) is -0.0335. The molecule has 1 N–H and O–H groups in total. The maximum absolute atomic E-state index is 12.9. The van der Waals surface area contributed by atoms with Gasteiger partial charge in [0.25, 0.3) is 0 Å². The van der Waals surface area contributed by atoms with Crippen molar-refractivity contribution in [3.05, 3.63) is 46.2 Å². The topological polar surface area (TPSA) is 93.8 Å². The van der Waals surface area contributed by atoms with Crippen LogP contribution in [0.15, 0.2) is 34.9 Å². The largest absolute Gasteiger partial charge is 0.319 e. The maximum atomic E-state index is 12.9. The van der Waals surface area contributed by atoms with E-state index < -0.39 is 17.2 Å². The highest BCUT2D eigenvalue weighted by atomic mass is 32.2. The molecule has 1 aliphatic rings. The molecule has 0 aromatic heterocycles. The number of amides is 1. The molecule has 0 saturated heterocycles. The van der Waals surface area contributed by atoms with Crippen LogP contribution in [0.4, 0.5) is 4.39 Å². The van der Waals surface area contributed by atoms with Gasteiger partial charge in [-0.15, -0.1) is 11.8 Å². The third kappa shape index (κ3) is 4.12. The smallest absolute Gasteiger partial charge is 0.243 e. The van der Waals surface area contributed by atoms with E-state index in [0.717, 1.165) is 0 Å². The lowest BCUT2D eigenvalue weighted by molar-refractivity contribution is -0.125. The molecule has 0 aliphatic carbocycles. The number of nitrogens with zero attached hydrogens (tertiary/aromatic N) is 2. The Balaban J connectivity index is 1.98. The molecule has 0 saturated carbocycles. The summed E-state index contributed by atoms with van der Waals surface area (Å²) in [6, 6.07) is 9.45. The normalized spacial score (nSPS) is 18.7. The fraction of sp³-hybridized carbons (Fsp3) is 0.368. The first-order chi connectivity index (χ1) is 12.3. The molecular weight excluding hydrogens is 353 g/mol. The molecule has 0 fully saturated rings. The van der Waals surface area contributed by atoms with Gasteiger partial charge in [0.2, 0.25) is 5.91 Å². The molecule has 1 atom stereocenters. The highest BCUT2D eigenvalue weighted by molar-refractivity contribution is 8.03. The number of carbonyl (C=O) groups is 2. The van der Waals surface area contributed by atoms with Crippen molar-refractivity contribution in [1.82, 2.24) is 5.32 Å². The first kappa shape index (κ1) is 19.7. The van der Waals surface area contributed by atoms with Crippen molar-refractivity contribution in [2.24, 2.45) is 11.3 Å². The molecule has 1 amide bonds. The lowest BCUT2D eigenvalue weighted by atomic mass is 9.72. The van der Waals surface area contributed by atoms with Gasteiger partial charge in [0, 0.05) is 17.4 Å². The van der Waals surface area contributed by atoms with Crippen LogP contribution in [0.1, 0.15) is 37.0 Å². The molecule has 2 rings (SSSR count). The molecule has 0 spiro atoms. The van der Waals surface area contributed by atoms with Gasteiger partial charge in [0.1, 0.15) is 11.7 Å². The number of rotatable bonds is 6. The zero-order valence-corrected chi connectivity index (χ0v) is 15.3. The van der Waals surface area contributed by atoms with Crippen molar-refractivity contribution < 1.29 is 14.0 Å². The summed E-state index contributed by atoms with van der Waals surface area (Å²) in [7, 11) is 0. The van der Waals surface area contributed by atoms with Gasteiger partial charge < -0.3 is 5.32 Å². The van der Waals surface area contributed by atoms with Crippen LogP contribution in [-0.2, 0) is 4.79 Å². The molecule has 134 valence electrons.